The minimum absolute atomic E-state index is 0.451. The predicted octanol–water partition coefficient (Wildman–Crippen LogP) is 2.97. The fraction of sp³-hybridized carbons (Fsp3) is 0.105. The molecule has 3 rings (SSSR count). The van der Waals surface area contributed by atoms with Crippen LogP contribution in [0.4, 0.5) is 17.5 Å². The van der Waals surface area contributed by atoms with Gasteiger partial charge in [-0.25, -0.2) is 4.98 Å². The monoisotopic (exact) mass is 333 g/mol. The molecule has 0 atom stereocenters. The van der Waals surface area contributed by atoms with Gasteiger partial charge in [0.05, 0.1) is 0 Å². The summed E-state index contributed by atoms with van der Waals surface area (Å²) in [5.41, 5.74) is 7.75. The van der Waals surface area contributed by atoms with E-state index in [1.54, 1.807) is 30.5 Å². The first-order valence-electron chi connectivity index (χ1n) is 7.98. The first-order chi connectivity index (χ1) is 12.2. The molecule has 6 heteroatoms. The fourth-order valence-electron chi connectivity index (χ4n) is 2.34. The summed E-state index contributed by atoms with van der Waals surface area (Å²) in [5.74, 6) is 0.783. The van der Waals surface area contributed by atoms with Crippen molar-refractivity contribution in [2.45, 2.75) is 6.42 Å². The van der Waals surface area contributed by atoms with E-state index in [4.69, 9.17) is 5.73 Å². The molecule has 0 unspecified atom stereocenters. The van der Waals surface area contributed by atoms with Crippen LogP contribution < -0.4 is 16.4 Å². The highest BCUT2D eigenvalue weighted by Crippen LogP contribution is 2.15. The minimum atomic E-state index is -0.451. The second-order valence-electron chi connectivity index (χ2n) is 5.49. The normalized spacial score (nSPS) is 10.2. The van der Waals surface area contributed by atoms with Crippen LogP contribution in [0.5, 0.6) is 0 Å². The molecule has 2 aromatic carbocycles. The summed E-state index contributed by atoms with van der Waals surface area (Å²) in [6, 6.07) is 18.9. The highest BCUT2D eigenvalue weighted by atomic mass is 16.1. The van der Waals surface area contributed by atoms with E-state index in [9.17, 15) is 4.79 Å². The molecule has 6 nitrogen and oxygen atoms in total. The summed E-state index contributed by atoms with van der Waals surface area (Å²) >= 11 is 0. The molecule has 0 aliphatic rings. The van der Waals surface area contributed by atoms with Crippen molar-refractivity contribution in [3.05, 3.63) is 78.0 Å². The van der Waals surface area contributed by atoms with E-state index in [2.05, 4.69) is 32.7 Å². The summed E-state index contributed by atoms with van der Waals surface area (Å²) in [6.07, 6.45) is 2.61. The number of carbonyl (C=O) groups is 1. The lowest BCUT2D eigenvalue weighted by Crippen LogP contribution is -2.10. The summed E-state index contributed by atoms with van der Waals surface area (Å²) < 4.78 is 0. The van der Waals surface area contributed by atoms with Gasteiger partial charge in [-0.15, -0.1) is 0 Å². The quantitative estimate of drug-likeness (QED) is 0.618. The largest absolute Gasteiger partial charge is 0.370 e. The SMILES string of the molecule is NC(=O)c1ccc(Nc2nccc(NCCc3ccccc3)n2)cc1. The maximum atomic E-state index is 11.1. The molecule has 0 bridgehead atoms. The van der Waals surface area contributed by atoms with Crippen LogP contribution in [0.2, 0.25) is 0 Å². The first-order valence-corrected chi connectivity index (χ1v) is 7.98. The number of aromatic nitrogens is 2. The van der Waals surface area contributed by atoms with E-state index in [-0.39, 0.29) is 0 Å². The van der Waals surface area contributed by atoms with Crippen LogP contribution in [0.25, 0.3) is 0 Å². The van der Waals surface area contributed by atoms with Gasteiger partial charge < -0.3 is 16.4 Å². The van der Waals surface area contributed by atoms with E-state index in [0.717, 1.165) is 24.5 Å². The number of amides is 1. The van der Waals surface area contributed by atoms with Gasteiger partial charge in [-0.05, 0) is 42.3 Å². The fourth-order valence-corrected chi connectivity index (χ4v) is 2.34. The Morgan fingerprint density at radius 1 is 1.00 bits per heavy atom. The van der Waals surface area contributed by atoms with Crippen molar-refractivity contribution in [1.82, 2.24) is 9.97 Å². The zero-order chi connectivity index (χ0) is 17.5. The molecule has 0 aliphatic heterocycles. The number of nitrogens with one attached hydrogen (secondary N) is 2. The molecule has 126 valence electrons. The van der Waals surface area contributed by atoms with Gasteiger partial charge in [0.1, 0.15) is 5.82 Å². The number of benzene rings is 2. The standard InChI is InChI=1S/C19H19N5O/c20-18(25)15-6-8-16(9-7-15)23-19-22-13-11-17(24-19)21-12-10-14-4-2-1-3-5-14/h1-9,11,13H,10,12H2,(H2,20,25)(H2,21,22,23,24). The van der Waals surface area contributed by atoms with Crippen molar-refractivity contribution < 1.29 is 4.79 Å². The average molecular weight is 333 g/mol. The third-order valence-electron chi connectivity index (χ3n) is 3.64. The second-order valence-corrected chi connectivity index (χ2v) is 5.49. The van der Waals surface area contributed by atoms with Gasteiger partial charge in [0.15, 0.2) is 0 Å². The highest BCUT2D eigenvalue weighted by molar-refractivity contribution is 5.93. The highest BCUT2D eigenvalue weighted by Gasteiger charge is 2.03. The number of anilines is 3. The molecule has 1 amide bonds. The van der Waals surface area contributed by atoms with Crippen LogP contribution in [0.1, 0.15) is 15.9 Å². The topological polar surface area (TPSA) is 92.9 Å². The van der Waals surface area contributed by atoms with Gasteiger partial charge in [0, 0.05) is 24.0 Å². The molecule has 25 heavy (non-hydrogen) atoms. The molecule has 0 saturated heterocycles. The Labute approximate surface area is 146 Å². The third kappa shape index (κ3) is 4.78. The Hall–Kier alpha value is -3.41. The zero-order valence-electron chi connectivity index (χ0n) is 13.6. The third-order valence-corrected chi connectivity index (χ3v) is 3.64. The molecule has 1 heterocycles. The minimum Gasteiger partial charge on any atom is -0.370 e. The Morgan fingerprint density at radius 2 is 1.76 bits per heavy atom. The summed E-state index contributed by atoms with van der Waals surface area (Å²) in [5, 5.41) is 6.40. The molecule has 0 aliphatic carbocycles. The van der Waals surface area contributed by atoms with Crippen molar-refractivity contribution in [1.29, 1.82) is 0 Å². The number of hydrogen-bond donors (Lipinski definition) is 3. The molecule has 0 fully saturated rings. The van der Waals surface area contributed by atoms with Crippen molar-refractivity contribution in [3.63, 3.8) is 0 Å². The molecule has 1 aromatic heterocycles. The van der Waals surface area contributed by atoms with Crippen molar-refractivity contribution in [2.75, 3.05) is 17.2 Å². The van der Waals surface area contributed by atoms with Crippen molar-refractivity contribution >= 4 is 23.4 Å². The average Bonchev–Trinajstić information content (AvgIpc) is 2.63. The van der Waals surface area contributed by atoms with Crippen LogP contribution in [0.3, 0.4) is 0 Å². The first kappa shape index (κ1) is 16.4. The lowest BCUT2D eigenvalue weighted by molar-refractivity contribution is 0.100. The molecule has 3 aromatic rings. The smallest absolute Gasteiger partial charge is 0.248 e. The van der Waals surface area contributed by atoms with Gasteiger partial charge in [-0.2, -0.15) is 4.98 Å². The van der Waals surface area contributed by atoms with Crippen molar-refractivity contribution in [3.8, 4) is 0 Å². The van der Waals surface area contributed by atoms with E-state index >= 15 is 0 Å². The number of nitrogens with zero attached hydrogens (tertiary/aromatic N) is 2. The number of carbonyl (C=O) groups excluding carboxylic acids is 1. The van der Waals surface area contributed by atoms with Crippen LogP contribution in [0.15, 0.2) is 66.9 Å². The predicted molar refractivity (Wildman–Crippen MR) is 98.9 cm³/mol. The van der Waals surface area contributed by atoms with Gasteiger partial charge >= 0.3 is 0 Å². The lowest BCUT2D eigenvalue weighted by atomic mass is 10.1. The van der Waals surface area contributed by atoms with Crippen LogP contribution >= 0.6 is 0 Å². The number of hydrogen-bond acceptors (Lipinski definition) is 5. The molecule has 0 radical (unpaired) electrons. The maximum Gasteiger partial charge on any atom is 0.248 e. The van der Waals surface area contributed by atoms with Gasteiger partial charge in [0.25, 0.3) is 0 Å². The Morgan fingerprint density at radius 3 is 2.48 bits per heavy atom. The molecule has 4 N–H and O–H groups in total. The number of primary amides is 1. The zero-order valence-corrected chi connectivity index (χ0v) is 13.6. The second kappa shape index (κ2) is 7.92. The van der Waals surface area contributed by atoms with E-state index in [1.165, 1.54) is 5.56 Å². The molecular weight excluding hydrogens is 314 g/mol. The summed E-state index contributed by atoms with van der Waals surface area (Å²) in [7, 11) is 0. The maximum absolute atomic E-state index is 11.1. The molecule has 0 saturated carbocycles. The van der Waals surface area contributed by atoms with Crippen LogP contribution in [-0.4, -0.2) is 22.4 Å². The van der Waals surface area contributed by atoms with Gasteiger partial charge in [-0.1, -0.05) is 30.3 Å². The van der Waals surface area contributed by atoms with Gasteiger partial charge in [-0.3, -0.25) is 4.79 Å². The molecule has 0 spiro atoms. The van der Waals surface area contributed by atoms with Crippen molar-refractivity contribution in [2.24, 2.45) is 5.73 Å². The van der Waals surface area contributed by atoms with E-state index in [0.29, 0.717) is 11.5 Å². The number of nitrogens with two attached hydrogens (primary N) is 1. The summed E-state index contributed by atoms with van der Waals surface area (Å²) in [4.78, 5) is 19.7. The Bertz CT molecular complexity index is 834. The lowest BCUT2D eigenvalue weighted by Gasteiger charge is -2.09. The Kier molecular flexibility index (Phi) is 5.21. The van der Waals surface area contributed by atoms with E-state index < -0.39 is 5.91 Å². The molecular formula is C19H19N5O. The summed E-state index contributed by atoms with van der Waals surface area (Å²) in [6.45, 7) is 0.785. The van der Waals surface area contributed by atoms with Crippen LogP contribution in [-0.2, 0) is 6.42 Å². The Balaban J connectivity index is 1.58. The van der Waals surface area contributed by atoms with Crippen LogP contribution in [0, 0.1) is 0 Å². The van der Waals surface area contributed by atoms with E-state index in [1.807, 2.05) is 24.3 Å². The number of rotatable bonds is 7. The van der Waals surface area contributed by atoms with Gasteiger partial charge in [0.2, 0.25) is 11.9 Å².